The smallest absolute Gasteiger partial charge is 0.310 e. The molecule has 0 atom stereocenters. The molecule has 2 heterocycles. The van der Waals surface area contributed by atoms with Crippen molar-refractivity contribution >= 4 is 40.8 Å². The van der Waals surface area contributed by atoms with E-state index in [1.54, 1.807) is 12.2 Å². The summed E-state index contributed by atoms with van der Waals surface area (Å²) in [5.41, 5.74) is 8.54. The van der Waals surface area contributed by atoms with E-state index in [-0.39, 0.29) is 33.7 Å². The molecule has 0 fully saturated rings. The van der Waals surface area contributed by atoms with Gasteiger partial charge in [-0.1, -0.05) is 35.9 Å². The molecule has 2 aromatic heterocycles. The average Bonchev–Trinajstić information content (AvgIpc) is 3.25. The van der Waals surface area contributed by atoms with Gasteiger partial charge < -0.3 is 17.4 Å². The Morgan fingerprint density at radius 1 is 0.929 bits per heavy atom. The van der Waals surface area contributed by atoms with Crippen LogP contribution in [0.2, 0.25) is 5.02 Å². The number of nitrogen functional groups attached to an aromatic ring is 1. The molecule has 0 amide bonds. The first-order chi connectivity index (χ1) is 12.4. The fourth-order valence-corrected chi connectivity index (χ4v) is 2.92. The molecule has 0 saturated heterocycles. The lowest BCUT2D eigenvalue weighted by molar-refractivity contribution is -0.385. The monoisotopic (exact) mass is 408 g/mol. The summed E-state index contributed by atoms with van der Waals surface area (Å²) in [7, 11) is 0. The van der Waals surface area contributed by atoms with Crippen molar-refractivity contribution in [1.29, 1.82) is 0 Å². The van der Waals surface area contributed by atoms with Gasteiger partial charge in [-0.2, -0.15) is 0 Å². The van der Waals surface area contributed by atoms with E-state index >= 15 is 0 Å². The maximum atomic E-state index is 10.5. The molecule has 4 rings (SSSR count). The Balaban J connectivity index is 0.000000261. The van der Waals surface area contributed by atoms with E-state index in [0.717, 1.165) is 11.4 Å². The van der Waals surface area contributed by atoms with Crippen molar-refractivity contribution in [3.8, 4) is 0 Å². The zero-order valence-electron chi connectivity index (χ0n) is 14.5. The SMILES string of the molecule is N.Nc1c([N+](=O)[O-])cnc2c1C=CC2.O.O=[N+]([O-])c1cnc2c(c1Cl)C=CC2. The lowest BCUT2D eigenvalue weighted by Crippen LogP contribution is -2.01. The molecule has 0 unspecified atom stereocenters. The quantitative estimate of drug-likeness (QED) is 0.556. The van der Waals surface area contributed by atoms with Gasteiger partial charge in [-0.05, 0) is 0 Å². The van der Waals surface area contributed by atoms with Crippen LogP contribution in [0.25, 0.3) is 12.2 Å². The summed E-state index contributed by atoms with van der Waals surface area (Å²) in [5.74, 6) is 0. The van der Waals surface area contributed by atoms with Gasteiger partial charge in [0.05, 0.1) is 21.2 Å². The number of nitrogens with zero attached hydrogens (tertiary/aromatic N) is 4. The number of halogens is 1. The van der Waals surface area contributed by atoms with E-state index in [1.165, 1.54) is 12.4 Å². The molecule has 12 heteroatoms. The summed E-state index contributed by atoms with van der Waals surface area (Å²) in [6.45, 7) is 0. The number of anilines is 1. The summed E-state index contributed by atoms with van der Waals surface area (Å²) in [6, 6.07) is 0. The van der Waals surface area contributed by atoms with E-state index < -0.39 is 9.85 Å². The van der Waals surface area contributed by atoms with Gasteiger partial charge in [-0.15, -0.1) is 0 Å². The van der Waals surface area contributed by atoms with Crippen molar-refractivity contribution in [2.45, 2.75) is 12.8 Å². The van der Waals surface area contributed by atoms with Crippen molar-refractivity contribution < 1.29 is 15.3 Å². The van der Waals surface area contributed by atoms with Crippen LogP contribution < -0.4 is 11.9 Å². The minimum atomic E-state index is -0.526. The van der Waals surface area contributed by atoms with Crippen LogP contribution in [-0.2, 0) is 12.8 Å². The number of nitro groups is 2. The highest BCUT2D eigenvalue weighted by Crippen LogP contribution is 2.33. The fraction of sp³-hybridized carbons (Fsp3) is 0.125. The predicted octanol–water partition coefficient (Wildman–Crippen LogP) is 2.69. The van der Waals surface area contributed by atoms with Crippen LogP contribution in [0.1, 0.15) is 22.5 Å². The Kier molecular flexibility index (Phi) is 7.27. The normalized spacial score (nSPS) is 12.0. The standard InChI is InChI=1S/C8H5ClN2O2.C8H7N3O2.H3N.H2O/c2*9-8-5-2-1-3-6(5)10-4-7(8)11(12)13;;/h1-2,4H,3H2;1-2,4H,3H2,(H2,9,10);1H3;1H2. The summed E-state index contributed by atoms with van der Waals surface area (Å²) in [6.07, 6.45) is 11.1. The third-order valence-electron chi connectivity index (χ3n) is 3.92. The minimum Gasteiger partial charge on any atom is -0.412 e. The molecule has 0 spiro atoms. The number of rotatable bonds is 2. The molecule has 148 valence electrons. The number of hydrogen-bond donors (Lipinski definition) is 2. The van der Waals surface area contributed by atoms with E-state index in [9.17, 15) is 20.2 Å². The number of pyridine rings is 2. The number of hydrogen-bond acceptors (Lipinski definition) is 8. The molecule has 11 nitrogen and oxygen atoms in total. The van der Waals surface area contributed by atoms with Gasteiger partial charge in [0.15, 0.2) is 0 Å². The first kappa shape index (κ1) is 22.6. The van der Waals surface area contributed by atoms with Crippen molar-refractivity contribution in [3.05, 3.63) is 72.3 Å². The first-order valence-corrected chi connectivity index (χ1v) is 7.84. The second-order valence-electron chi connectivity index (χ2n) is 5.46. The average molecular weight is 409 g/mol. The van der Waals surface area contributed by atoms with Crippen LogP contribution in [-0.4, -0.2) is 25.3 Å². The molecular weight excluding hydrogens is 392 g/mol. The van der Waals surface area contributed by atoms with Gasteiger partial charge in [-0.3, -0.25) is 30.2 Å². The molecule has 28 heavy (non-hydrogen) atoms. The third kappa shape index (κ3) is 4.11. The second kappa shape index (κ2) is 8.99. The number of nitrogens with two attached hydrogens (primary N) is 1. The molecule has 0 saturated carbocycles. The maximum Gasteiger partial charge on any atom is 0.310 e. The highest BCUT2D eigenvalue weighted by atomic mass is 35.5. The van der Waals surface area contributed by atoms with Gasteiger partial charge >= 0.3 is 11.4 Å². The van der Waals surface area contributed by atoms with E-state index in [1.807, 2.05) is 12.2 Å². The van der Waals surface area contributed by atoms with Crippen molar-refractivity contribution in [2.24, 2.45) is 0 Å². The van der Waals surface area contributed by atoms with Crippen LogP contribution in [0.4, 0.5) is 17.1 Å². The van der Waals surface area contributed by atoms with Gasteiger partial charge in [0.1, 0.15) is 23.1 Å². The van der Waals surface area contributed by atoms with Crippen LogP contribution in [0.15, 0.2) is 24.5 Å². The Bertz CT molecular complexity index is 912. The second-order valence-corrected chi connectivity index (χ2v) is 5.84. The largest absolute Gasteiger partial charge is 0.412 e. The maximum absolute atomic E-state index is 10.5. The van der Waals surface area contributed by atoms with Crippen molar-refractivity contribution in [1.82, 2.24) is 16.1 Å². The molecule has 0 radical (unpaired) electrons. The first-order valence-electron chi connectivity index (χ1n) is 7.46. The van der Waals surface area contributed by atoms with Crippen molar-refractivity contribution in [3.63, 3.8) is 0 Å². The predicted molar refractivity (Wildman–Crippen MR) is 105 cm³/mol. The zero-order chi connectivity index (χ0) is 18.8. The van der Waals surface area contributed by atoms with E-state index in [4.69, 9.17) is 17.3 Å². The Morgan fingerprint density at radius 2 is 1.39 bits per heavy atom. The van der Waals surface area contributed by atoms with Gasteiger partial charge in [0.25, 0.3) is 0 Å². The molecule has 2 aliphatic carbocycles. The molecule has 0 bridgehead atoms. The number of fused-ring (bicyclic) bond motifs is 2. The Morgan fingerprint density at radius 3 is 1.93 bits per heavy atom. The van der Waals surface area contributed by atoms with Gasteiger partial charge in [0.2, 0.25) is 0 Å². The summed E-state index contributed by atoms with van der Waals surface area (Å²) < 4.78 is 0. The molecule has 0 aliphatic heterocycles. The van der Waals surface area contributed by atoms with Crippen LogP contribution >= 0.6 is 11.6 Å². The number of allylic oxidation sites excluding steroid dienone is 2. The third-order valence-corrected chi connectivity index (χ3v) is 4.32. The zero-order valence-corrected chi connectivity index (χ0v) is 15.2. The number of aromatic nitrogens is 2. The van der Waals surface area contributed by atoms with E-state index in [2.05, 4.69) is 9.97 Å². The summed E-state index contributed by atoms with van der Waals surface area (Å²) in [5, 5.41) is 21.1. The van der Waals surface area contributed by atoms with Crippen LogP contribution in [0.3, 0.4) is 0 Å². The lowest BCUT2D eigenvalue weighted by atomic mass is 10.2. The van der Waals surface area contributed by atoms with Gasteiger partial charge in [0, 0.05) is 24.0 Å². The highest BCUT2D eigenvalue weighted by Gasteiger charge is 2.21. The van der Waals surface area contributed by atoms with Crippen LogP contribution in [0, 0.1) is 20.2 Å². The van der Waals surface area contributed by atoms with Crippen molar-refractivity contribution in [2.75, 3.05) is 5.73 Å². The highest BCUT2D eigenvalue weighted by molar-refractivity contribution is 6.34. The van der Waals surface area contributed by atoms with Gasteiger partial charge in [-0.25, -0.2) is 0 Å². The molecular formula is C16H17ClN6O5. The summed E-state index contributed by atoms with van der Waals surface area (Å²) in [4.78, 5) is 27.8. The van der Waals surface area contributed by atoms with E-state index in [0.29, 0.717) is 24.0 Å². The topological polar surface area (TPSA) is 205 Å². The Labute approximate surface area is 163 Å². The van der Waals surface area contributed by atoms with Crippen LogP contribution in [0.5, 0.6) is 0 Å². The Hall–Kier alpha value is -3.41. The fourth-order valence-electron chi connectivity index (χ4n) is 2.63. The molecule has 0 aromatic carbocycles. The molecule has 2 aromatic rings. The summed E-state index contributed by atoms with van der Waals surface area (Å²) >= 11 is 5.82. The molecule has 2 aliphatic rings. The lowest BCUT2D eigenvalue weighted by Gasteiger charge is -2.01. The minimum absolute atomic E-state index is 0. The molecule has 7 N–H and O–H groups in total.